The van der Waals surface area contributed by atoms with E-state index in [9.17, 15) is 8.42 Å². The average Bonchev–Trinajstić information content (AvgIpc) is 3.04. The van der Waals surface area contributed by atoms with E-state index in [1.807, 2.05) is 0 Å². The molecular formula is C19H16ClN5O3S. The summed E-state index contributed by atoms with van der Waals surface area (Å²) in [5.41, 5.74) is 8.24. The molecule has 2 heterocycles. The van der Waals surface area contributed by atoms with Gasteiger partial charge in [0.05, 0.1) is 23.9 Å². The van der Waals surface area contributed by atoms with Crippen LogP contribution in [0.15, 0.2) is 53.7 Å². The van der Waals surface area contributed by atoms with Gasteiger partial charge in [-0.05, 0) is 48.5 Å². The van der Waals surface area contributed by atoms with Crippen LogP contribution < -0.4 is 10.5 Å². The molecule has 0 saturated carbocycles. The molecule has 0 fully saturated rings. The maximum Gasteiger partial charge on any atom is 0.249 e. The predicted molar refractivity (Wildman–Crippen MR) is 111 cm³/mol. The maximum absolute atomic E-state index is 12.1. The third kappa shape index (κ3) is 3.50. The molecule has 0 atom stereocenters. The summed E-state index contributed by atoms with van der Waals surface area (Å²) in [4.78, 5) is 8.41. The number of fused-ring (bicyclic) bond motifs is 1. The standard InChI is InChI=1S/C19H16ClN5O3S/c1-28-14-9-3-11(4-10-14)16-15-17(21)25(13-7-5-12(20)6-8-13)24-18(15)23-19(22-16)29(2,26)27/h3-10H,21H2,1-2H3. The number of rotatable bonds is 4. The van der Waals surface area contributed by atoms with E-state index in [2.05, 4.69) is 15.1 Å². The zero-order chi connectivity index (χ0) is 20.8. The molecule has 0 aliphatic carbocycles. The molecule has 0 radical (unpaired) electrons. The normalized spacial score (nSPS) is 11.7. The van der Waals surface area contributed by atoms with E-state index in [4.69, 9.17) is 22.1 Å². The highest BCUT2D eigenvalue weighted by Crippen LogP contribution is 2.33. The number of methoxy groups -OCH3 is 1. The summed E-state index contributed by atoms with van der Waals surface area (Å²) in [6.07, 6.45) is 1.05. The van der Waals surface area contributed by atoms with E-state index >= 15 is 0 Å². The quantitative estimate of drug-likeness (QED) is 0.496. The van der Waals surface area contributed by atoms with Gasteiger partial charge < -0.3 is 10.5 Å². The van der Waals surface area contributed by atoms with Gasteiger partial charge in [0.1, 0.15) is 11.6 Å². The number of aromatic nitrogens is 4. The molecule has 8 nitrogen and oxygen atoms in total. The lowest BCUT2D eigenvalue weighted by Crippen LogP contribution is -2.05. The minimum Gasteiger partial charge on any atom is -0.497 e. The minimum atomic E-state index is -3.67. The molecule has 148 valence electrons. The van der Waals surface area contributed by atoms with Crippen molar-refractivity contribution in [2.24, 2.45) is 0 Å². The topological polar surface area (TPSA) is 113 Å². The van der Waals surface area contributed by atoms with Gasteiger partial charge in [0.15, 0.2) is 5.65 Å². The Kier molecular flexibility index (Phi) is 4.64. The first-order valence-corrected chi connectivity index (χ1v) is 10.7. The number of nitrogens with two attached hydrogens (primary N) is 1. The van der Waals surface area contributed by atoms with Crippen molar-refractivity contribution in [3.05, 3.63) is 53.6 Å². The molecule has 2 N–H and O–H groups in total. The summed E-state index contributed by atoms with van der Waals surface area (Å²) in [6, 6.07) is 14.0. The minimum absolute atomic E-state index is 0.179. The largest absolute Gasteiger partial charge is 0.497 e. The van der Waals surface area contributed by atoms with Crippen molar-refractivity contribution in [2.75, 3.05) is 19.1 Å². The van der Waals surface area contributed by atoms with E-state index < -0.39 is 9.84 Å². The van der Waals surface area contributed by atoms with Gasteiger partial charge in [-0.15, -0.1) is 5.10 Å². The number of sulfone groups is 1. The second-order valence-electron chi connectivity index (χ2n) is 6.33. The van der Waals surface area contributed by atoms with Crippen LogP contribution in [0, 0.1) is 0 Å². The second kappa shape index (κ2) is 7.02. The smallest absolute Gasteiger partial charge is 0.249 e. The molecule has 0 saturated heterocycles. The van der Waals surface area contributed by atoms with Crippen LogP contribution in [0.25, 0.3) is 28.0 Å². The van der Waals surface area contributed by atoms with Gasteiger partial charge in [-0.2, -0.15) is 4.98 Å². The highest BCUT2D eigenvalue weighted by molar-refractivity contribution is 7.90. The molecule has 0 spiro atoms. The molecule has 2 aromatic carbocycles. The summed E-state index contributed by atoms with van der Waals surface area (Å²) >= 11 is 5.96. The Morgan fingerprint density at radius 3 is 2.28 bits per heavy atom. The van der Waals surface area contributed by atoms with Crippen LogP contribution in [0.3, 0.4) is 0 Å². The molecule has 0 bridgehead atoms. The van der Waals surface area contributed by atoms with Crippen LogP contribution in [-0.4, -0.2) is 41.5 Å². The maximum atomic E-state index is 12.1. The highest BCUT2D eigenvalue weighted by atomic mass is 35.5. The summed E-state index contributed by atoms with van der Waals surface area (Å²) in [6.45, 7) is 0. The number of halogens is 1. The number of anilines is 1. The SMILES string of the molecule is COc1ccc(-c2nc(S(C)(=O)=O)nc3nn(-c4ccc(Cl)cc4)c(N)c23)cc1. The molecule has 0 aliphatic rings. The fourth-order valence-electron chi connectivity index (χ4n) is 2.89. The fraction of sp³-hybridized carbons (Fsp3) is 0.105. The van der Waals surface area contributed by atoms with Gasteiger partial charge in [0, 0.05) is 16.8 Å². The van der Waals surface area contributed by atoms with Crippen LogP contribution in [0.2, 0.25) is 5.02 Å². The van der Waals surface area contributed by atoms with Gasteiger partial charge in [0.2, 0.25) is 15.0 Å². The van der Waals surface area contributed by atoms with Crippen molar-refractivity contribution in [3.63, 3.8) is 0 Å². The average molecular weight is 430 g/mol. The lowest BCUT2D eigenvalue weighted by molar-refractivity contribution is 0.415. The van der Waals surface area contributed by atoms with Crippen LogP contribution in [-0.2, 0) is 9.84 Å². The van der Waals surface area contributed by atoms with E-state index in [0.29, 0.717) is 33.1 Å². The van der Waals surface area contributed by atoms with Crippen molar-refractivity contribution in [2.45, 2.75) is 5.16 Å². The highest BCUT2D eigenvalue weighted by Gasteiger charge is 2.22. The molecule has 2 aromatic heterocycles. The van der Waals surface area contributed by atoms with Gasteiger partial charge in [-0.25, -0.2) is 18.1 Å². The molecule has 0 amide bonds. The first-order chi connectivity index (χ1) is 13.8. The zero-order valence-electron chi connectivity index (χ0n) is 15.5. The number of nitrogen functional groups attached to an aromatic ring is 1. The summed E-state index contributed by atoms with van der Waals surface area (Å²) < 4.78 is 30.9. The zero-order valence-corrected chi connectivity index (χ0v) is 17.1. The molecule has 4 rings (SSSR count). The van der Waals surface area contributed by atoms with E-state index in [-0.39, 0.29) is 16.6 Å². The Morgan fingerprint density at radius 1 is 1.03 bits per heavy atom. The Labute approximate surface area is 171 Å². The monoisotopic (exact) mass is 429 g/mol. The molecule has 4 aromatic rings. The molecule has 0 aliphatic heterocycles. The van der Waals surface area contributed by atoms with Crippen molar-refractivity contribution in [1.29, 1.82) is 0 Å². The third-order valence-electron chi connectivity index (χ3n) is 4.31. The van der Waals surface area contributed by atoms with Gasteiger partial charge in [-0.1, -0.05) is 11.6 Å². The summed E-state index contributed by atoms with van der Waals surface area (Å²) in [5.74, 6) is 0.945. The first-order valence-electron chi connectivity index (χ1n) is 8.44. The summed E-state index contributed by atoms with van der Waals surface area (Å²) in [7, 11) is -2.10. The fourth-order valence-corrected chi connectivity index (χ4v) is 3.53. The van der Waals surface area contributed by atoms with E-state index in [1.165, 1.54) is 4.68 Å². The Hall–Kier alpha value is -3.17. The van der Waals surface area contributed by atoms with Gasteiger partial charge in [0.25, 0.3) is 0 Å². The Balaban J connectivity index is 2.02. The molecule has 29 heavy (non-hydrogen) atoms. The van der Waals surface area contributed by atoms with Gasteiger partial charge in [-0.3, -0.25) is 0 Å². The van der Waals surface area contributed by atoms with Crippen LogP contribution in [0.5, 0.6) is 5.75 Å². The first kappa shape index (κ1) is 19.2. The Bertz CT molecular complexity index is 1320. The van der Waals surface area contributed by atoms with Gasteiger partial charge >= 0.3 is 0 Å². The van der Waals surface area contributed by atoms with E-state index in [0.717, 1.165) is 6.26 Å². The Morgan fingerprint density at radius 2 is 1.69 bits per heavy atom. The van der Waals surface area contributed by atoms with Crippen molar-refractivity contribution < 1.29 is 13.2 Å². The number of benzene rings is 2. The van der Waals surface area contributed by atoms with Crippen LogP contribution >= 0.6 is 11.6 Å². The molecule has 0 unspecified atom stereocenters. The van der Waals surface area contributed by atoms with Crippen molar-refractivity contribution in [1.82, 2.24) is 19.7 Å². The molecule has 10 heteroatoms. The number of hydrogen-bond acceptors (Lipinski definition) is 7. The number of nitrogens with zero attached hydrogens (tertiary/aromatic N) is 4. The lowest BCUT2D eigenvalue weighted by Gasteiger charge is -2.07. The van der Waals surface area contributed by atoms with Crippen molar-refractivity contribution >= 4 is 38.3 Å². The van der Waals surface area contributed by atoms with E-state index in [1.54, 1.807) is 55.6 Å². The third-order valence-corrected chi connectivity index (χ3v) is 5.41. The number of ether oxygens (including phenoxy) is 1. The lowest BCUT2D eigenvalue weighted by atomic mass is 10.1. The second-order valence-corrected chi connectivity index (χ2v) is 8.67. The predicted octanol–water partition coefficient (Wildman–Crippen LogP) is 3.13. The molecular weight excluding hydrogens is 414 g/mol. The van der Waals surface area contributed by atoms with Crippen LogP contribution in [0.1, 0.15) is 0 Å². The van der Waals surface area contributed by atoms with Crippen LogP contribution in [0.4, 0.5) is 5.82 Å². The van der Waals surface area contributed by atoms with Crippen molar-refractivity contribution in [3.8, 4) is 22.7 Å². The summed E-state index contributed by atoms with van der Waals surface area (Å²) in [5, 5.41) is 5.12. The number of hydrogen-bond donors (Lipinski definition) is 1.